The van der Waals surface area contributed by atoms with Crippen molar-refractivity contribution in [1.82, 2.24) is 4.57 Å². The van der Waals surface area contributed by atoms with Gasteiger partial charge in [0.15, 0.2) is 4.80 Å². The Labute approximate surface area is 184 Å². The number of phosphoric ester groups is 1. The van der Waals surface area contributed by atoms with Crippen molar-refractivity contribution in [1.29, 1.82) is 0 Å². The first kappa shape index (κ1) is 24.3. The Morgan fingerprint density at radius 3 is 2.33 bits per heavy atom. The number of hydrogen-bond acceptors (Lipinski definition) is 6. The van der Waals surface area contributed by atoms with Crippen molar-refractivity contribution in [3.8, 4) is 5.75 Å². The molecular weight excluding hydrogens is 494 g/mol. The Morgan fingerprint density at radius 2 is 1.89 bits per heavy atom. The summed E-state index contributed by atoms with van der Waals surface area (Å²) in [5, 5.41) is 7.25. The molecule has 0 spiro atoms. The number of sulfonamides is 1. The summed E-state index contributed by atoms with van der Waals surface area (Å²) in [5.74, 6) is -0.545. The molecule has 2 aromatic rings. The minimum absolute atomic E-state index is 0. The summed E-state index contributed by atoms with van der Waals surface area (Å²) in [5.41, 5.74) is 0.906. The summed E-state index contributed by atoms with van der Waals surface area (Å²) >= 11 is 0.724. The number of hydrogen-bond donors (Lipinski definition) is 2. The zero-order valence-corrected chi connectivity index (χ0v) is 19.6. The van der Waals surface area contributed by atoms with Crippen molar-refractivity contribution in [2.75, 3.05) is 0 Å². The second-order valence-corrected chi connectivity index (χ2v) is 9.02. The zero-order chi connectivity index (χ0) is 19.7. The summed E-state index contributed by atoms with van der Waals surface area (Å²) in [6.07, 6.45) is 0. The van der Waals surface area contributed by atoms with Crippen LogP contribution in [0.3, 0.4) is 0 Å². The molecule has 0 unspecified atom stereocenters. The van der Waals surface area contributed by atoms with E-state index in [0.717, 1.165) is 11.3 Å². The van der Waals surface area contributed by atoms with Crippen molar-refractivity contribution in [2.45, 2.75) is 24.6 Å². The van der Waals surface area contributed by atoms with E-state index in [0.29, 0.717) is 5.56 Å². The second-order valence-electron chi connectivity index (χ2n) is 5.20. The van der Waals surface area contributed by atoms with Gasteiger partial charge in [0, 0.05) is 45.3 Å². The summed E-state index contributed by atoms with van der Waals surface area (Å²) in [7, 11) is -8.88. The Kier molecular flexibility index (Phi) is 8.28. The first-order chi connectivity index (χ1) is 11.9. The Balaban J connectivity index is 0.00000364. The van der Waals surface area contributed by atoms with E-state index in [1.165, 1.54) is 42.7 Å². The van der Waals surface area contributed by atoms with Crippen LogP contribution in [0, 0.1) is 6.92 Å². The number of benzene rings is 1. The van der Waals surface area contributed by atoms with Crippen LogP contribution in [-0.4, -0.2) is 28.7 Å². The maximum absolute atomic E-state index is 11.6. The van der Waals surface area contributed by atoms with Gasteiger partial charge in [-0.15, -0.1) is 0 Å². The van der Waals surface area contributed by atoms with Gasteiger partial charge >= 0.3 is 7.82 Å². The fourth-order valence-electron chi connectivity index (χ4n) is 2.09. The molecule has 0 bridgehead atoms. The van der Waals surface area contributed by atoms with Crippen molar-refractivity contribution in [3.05, 3.63) is 45.5 Å². The monoisotopic (exact) mass is 509 g/mol. The molecule has 14 heteroatoms. The molecule has 0 saturated heterocycles. The number of phosphoric acid groups is 1. The van der Waals surface area contributed by atoms with E-state index in [2.05, 4.69) is 9.52 Å². The van der Waals surface area contributed by atoms with Crippen LogP contribution in [0.25, 0.3) is 5.14 Å². The first-order valence-electron chi connectivity index (χ1n) is 6.96. The standard InChI is InChI=1S/C13H15N3O7PS2.Y/c1-8-12(26(14,21)22)25-13(15-9(2)17)16(8)7-10-3-5-11(6-4-10)23-24(18,19)20;/h3-6H,7H2,1-2H3,(H3-,14,18,19,20,21,22);/q-1;. The van der Waals surface area contributed by atoms with E-state index < -0.39 is 23.8 Å². The molecule has 0 saturated carbocycles. The summed E-state index contributed by atoms with van der Waals surface area (Å²) in [6, 6.07) is 5.75. The number of carbonyl (C=O) groups excluding carboxylic acids is 1. The third-order valence-corrected chi connectivity index (χ3v) is 6.22. The molecule has 0 aliphatic heterocycles. The number of nitrogens with zero attached hydrogens (tertiary/aromatic N) is 2. The van der Waals surface area contributed by atoms with Gasteiger partial charge in [0.05, 0.1) is 6.54 Å². The fraction of sp³-hybridized carbons (Fsp3) is 0.231. The fourth-order valence-corrected chi connectivity index (χ4v) is 4.56. The molecule has 1 radical (unpaired) electrons. The van der Waals surface area contributed by atoms with Crippen LogP contribution < -0.4 is 9.33 Å². The predicted molar refractivity (Wildman–Crippen MR) is 93.0 cm³/mol. The van der Waals surface area contributed by atoms with Crippen LogP contribution in [0.1, 0.15) is 18.2 Å². The topological polar surface area (TPSA) is 159 Å². The molecule has 3 N–H and O–H groups in total. The molecule has 1 aromatic carbocycles. The predicted octanol–water partition coefficient (Wildman–Crippen LogP) is 1.56. The van der Waals surface area contributed by atoms with E-state index >= 15 is 0 Å². The quantitative estimate of drug-likeness (QED) is 0.579. The van der Waals surface area contributed by atoms with Gasteiger partial charge in [0.25, 0.3) is 0 Å². The Morgan fingerprint density at radius 1 is 1.33 bits per heavy atom. The van der Waals surface area contributed by atoms with Crippen molar-refractivity contribution >= 4 is 35.1 Å². The number of aromatic nitrogens is 1. The molecule has 0 aliphatic rings. The molecule has 1 heterocycles. The van der Waals surface area contributed by atoms with Gasteiger partial charge in [0.1, 0.15) is 20.0 Å². The van der Waals surface area contributed by atoms with Gasteiger partial charge in [0.2, 0.25) is 5.91 Å². The van der Waals surface area contributed by atoms with Crippen LogP contribution >= 0.6 is 19.2 Å². The molecule has 2 rings (SSSR count). The normalized spacial score (nSPS) is 12.6. The first-order valence-corrected chi connectivity index (χ1v) is 10.8. The van der Waals surface area contributed by atoms with Gasteiger partial charge in [-0.1, -0.05) is 23.5 Å². The number of rotatable bonds is 5. The van der Waals surface area contributed by atoms with E-state index in [4.69, 9.17) is 14.9 Å². The molecule has 1 amide bonds. The molecule has 145 valence electrons. The second kappa shape index (κ2) is 9.19. The third-order valence-electron chi connectivity index (χ3n) is 3.10. The molecule has 10 nitrogen and oxygen atoms in total. The molecule has 0 atom stereocenters. The summed E-state index contributed by atoms with van der Waals surface area (Å²) < 4.78 is 39.7. The van der Waals surface area contributed by atoms with E-state index in [-0.39, 0.29) is 59.7 Å². The summed E-state index contributed by atoms with van der Waals surface area (Å²) in [6.45, 7) is 2.87. The van der Waals surface area contributed by atoms with Crippen molar-refractivity contribution in [2.24, 2.45) is 4.99 Å². The average Bonchev–Trinajstić information content (AvgIpc) is 2.76. The Bertz CT molecular complexity index is 1050. The maximum atomic E-state index is 11.6. The molecule has 1 aromatic heterocycles. The number of carbonyl (C=O) groups is 1. The van der Waals surface area contributed by atoms with Crippen molar-refractivity contribution in [3.63, 3.8) is 0 Å². The SMILES string of the molecule is CC(=O)N=c1sc(S([NH-])(=O)=O)c(C)n1Cc1ccc(OP(=O)(O)O)cc1.[Y]. The maximum Gasteiger partial charge on any atom is 0.524 e. The van der Waals surface area contributed by atoms with E-state index in [1.54, 1.807) is 0 Å². The molecule has 0 aliphatic carbocycles. The average molecular weight is 509 g/mol. The van der Waals surface area contributed by atoms with E-state index in [1.807, 2.05) is 0 Å². The molecular formula is C13H15N3O7PS2Y-. The zero-order valence-electron chi connectivity index (χ0n) is 14.2. The van der Waals surface area contributed by atoms with Crippen LogP contribution in [-0.2, 0) is 58.6 Å². The third kappa shape index (κ3) is 6.99. The summed E-state index contributed by atoms with van der Waals surface area (Å²) in [4.78, 5) is 32.8. The van der Waals surface area contributed by atoms with Gasteiger partial charge in [-0.3, -0.25) is 14.6 Å². The van der Waals surface area contributed by atoms with Gasteiger partial charge in [-0.2, -0.15) is 4.99 Å². The van der Waals surface area contributed by atoms with E-state index in [9.17, 15) is 17.8 Å². The van der Waals surface area contributed by atoms with Crippen LogP contribution in [0.15, 0.2) is 33.5 Å². The number of thiazole rings is 1. The minimum Gasteiger partial charge on any atom is -0.559 e. The van der Waals surface area contributed by atoms with Gasteiger partial charge in [-0.25, -0.2) is 13.0 Å². The largest absolute Gasteiger partial charge is 0.559 e. The van der Waals surface area contributed by atoms with Gasteiger partial charge in [-0.05, 0) is 24.6 Å². The van der Waals surface area contributed by atoms with Crippen LogP contribution in [0.4, 0.5) is 0 Å². The van der Waals surface area contributed by atoms with Crippen LogP contribution in [0.2, 0.25) is 0 Å². The minimum atomic E-state index is -4.66. The smallest absolute Gasteiger partial charge is 0.524 e. The molecule has 27 heavy (non-hydrogen) atoms. The number of nitrogens with one attached hydrogen (secondary N) is 1. The van der Waals surface area contributed by atoms with Gasteiger partial charge < -0.3 is 14.2 Å². The van der Waals surface area contributed by atoms with Crippen molar-refractivity contribution < 1.29 is 64.8 Å². The molecule has 0 fully saturated rings. The number of amides is 1. The van der Waals surface area contributed by atoms with Crippen LogP contribution in [0.5, 0.6) is 5.75 Å². The Hall–Kier alpha value is -0.716.